The van der Waals surface area contributed by atoms with Gasteiger partial charge in [-0.25, -0.2) is 9.97 Å². The lowest BCUT2D eigenvalue weighted by Gasteiger charge is -2.35. The molecular formula is C26H33N5O2. The smallest absolute Gasteiger partial charge is 0.225 e. The molecule has 0 aliphatic carbocycles. The Morgan fingerprint density at radius 1 is 0.758 bits per heavy atom. The van der Waals surface area contributed by atoms with Gasteiger partial charge in [-0.15, -0.1) is 0 Å². The van der Waals surface area contributed by atoms with Gasteiger partial charge in [0.1, 0.15) is 11.5 Å². The van der Waals surface area contributed by atoms with Crippen LogP contribution in [0.5, 0.6) is 11.5 Å². The Kier molecular flexibility index (Phi) is 7.62. The zero-order valence-electron chi connectivity index (χ0n) is 19.8. The molecule has 2 heterocycles. The summed E-state index contributed by atoms with van der Waals surface area (Å²) in [4.78, 5) is 16.6. The summed E-state index contributed by atoms with van der Waals surface area (Å²) in [5, 5.41) is 0. The summed E-state index contributed by atoms with van der Waals surface area (Å²) >= 11 is 0. The largest absolute Gasteiger partial charge is 0.497 e. The third-order valence-electron chi connectivity index (χ3n) is 6.16. The van der Waals surface area contributed by atoms with E-state index in [1.54, 1.807) is 14.2 Å². The number of anilines is 2. The number of ether oxygens (including phenoxy) is 2. The first-order chi connectivity index (χ1) is 16.2. The highest BCUT2D eigenvalue weighted by molar-refractivity contribution is 5.46. The molecule has 0 bridgehead atoms. The molecule has 1 fully saturated rings. The van der Waals surface area contributed by atoms with Gasteiger partial charge in [0.25, 0.3) is 0 Å². The van der Waals surface area contributed by atoms with Crippen LogP contribution in [0.3, 0.4) is 0 Å². The summed E-state index contributed by atoms with van der Waals surface area (Å²) < 4.78 is 10.6. The molecule has 0 spiro atoms. The van der Waals surface area contributed by atoms with E-state index in [0.29, 0.717) is 13.1 Å². The fraction of sp³-hybridized carbons (Fsp3) is 0.385. The Morgan fingerprint density at radius 2 is 1.24 bits per heavy atom. The number of likely N-dealkylation sites (N-methyl/N-ethyl adjacent to an activating group) is 1. The first kappa shape index (κ1) is 22.9. The van der Waals surface area contributed by atoms with Crippen LogP contribution < -0.4 is 19.3 Å². The molecule has 7 nitrogen and oxygen atoms in total. The molecule has 0 amide bonds. The number of nitrogens with zero attached hydrogens (tertiary/aromatic N) is 5. The van der Waals surface area contributed by atoms with E-state index in [1.165, 1.54) is 11.1 Å². The summed E-state index contributed by atoms with van der Waals surface area (Å²) in [5.41, 5.74) is 3.43. The van der Waals surface area contributed by atoms with Crippen LogP contribution in [0.4, 0.5) is 11.6 Å². The van der Waals surface area contributed by atoms with Crippen LogP contribution in [0.25, 0.3) is 0 Å². The molecule has 0 N–H and O–H groups in total. The molecule has 0 radical (unpaired) electrons. The SMILES string of the molecule is CCN1CCN(c2cnc(N(Cc3ccc(OC)cc3)Cc3ccc(OC)cc3)nc2)CC1. The average molecular weight is 448 g/mol. The molecule has 0 saturated carbocycles. The molecule has 174 valence electrons. The van der Waals surface area contributed by atoms with Gasteiger partial charge in [0.15, 0.2) is 0 Å². The Bertz CT molecular complexity index is 935. The first-order valence-electron chi connectivity index (χ1n) is 11.5. The van der Waals surface area contributed by atoms with Crippen molar-refractivity contribution in [2.75, 3.05) is 56.7 Å². The molecule has 1 saturated heterocycles. The molecule has 4 rings (SSSR count). The second-order valence-electron chi connectivity index (χ2n) is 8.21. The summed E-state index contributed by atoms with van der Waals surface area (Å²) in [7, 11) is 3.37. The molecule has 7 heteroatoms. The monoisotopic (exact) mass is 447 g/mol. The van der Waals surface area contributed by atoms with Crippen molar-refractivity contribution in [2.24, 2.45) is 0 Å². The normalized spacial score (nSPS) is 14.2. The van der Waals surface area contributed by atoms with Gasteiger partial charge >= 0.3 is 0 Å². The summed E-state index contributed by atoms with van der Waals surface area (Å²) in [5.74, 6) is 2.42. The molecule has 33 heavy (non-hydrogen) atoms. The van der Waals surface area contributed by atoms with E-state index in [2.05, 4.69) is 45.9 Å². The Labute approximate surface area is 196 Å². The number of piperazine rings is 1. The molecule has 0 unspecified atom stereocenters. The van der Waals surface area contributed by atoms with Crippen molar-refractivity contribution in [3.8, 4) is 11.5 Å². The van der Waals surface area contributed by atoms with Gasteiger partial charge in [0.05, 0.1) is 32.3 Å². The van der Waals surface area contributed by atoms with Crippen molar-refractivity contribution in [3.05, 3.63) is 72.1 Å². The minimum atomic E-state index is 0.699. The molecular weight excluding hydrogens is 414 g/mol. The van der Waals surface area contributed by atoms with Gasteiger partial charge in [-0.1, -0.05) is 31.2 Å². The zero-order valence-corrected chi connectivity index (χ0v) is 19.8. The van der Waals surface area contributed by atoms with E-state index in [-0.39, 0.29) is 0 Å². The minimum absolute atomic E-state index is 0.699. The first-order valence-corrected chi connectivity index (χ1v) is 11.5. The van der Waals surface area contributed by atoms with Crippen LogP contribution in [0.15, 0.2) is 60.9 Å². The lowest BCUT2D eigenvalue weighted by molar-refractivity contribution is 0.271. The summed E-state index contributed by atoms with van der Waals surface area (Å²) in [6.07, 6.45) is 3.91. The highest BCUT2D eigenvalue weighted by Gasteiger charge is 2.18. The maximum Gasteiger partial charge on any atom is 0.225 e. The van der Waals surface area contributed by atoms with Crippen molar-refractivity contribution in [3.63, 3.8) is 0 Å². The number of aromatic nitrogens is 2. The fourth-order valence-corrected chi connectivity index (χ4v) is 4.06. The van der Waals surface area contributed by atoms with Gasteiger partial charge in [-0.3, -0.25) is 0 Å². The van der Waals surface area contributed by atoms with Gasteiger partial charge in [0.2, 0.25) is 5.95 Å². The second-order valence-corrected chi connectivity index (χ2v) is 8.21. The average Bonchev–Trinajstić information content (AvgIpc) is 2.89. The predicted molar refractivity (Wildman–Crippen MR) is 132 cm³/mol. The second kappa shape index (κ2) is 11.0. The van der Waals surface area contributed by atoms with Crippen LogP contribution in [-0.2, 0) is 13.1 Å². The number of methoxy groups -OCH3 is 2. The molecule has 3 aromatic rings. The van der Waals surface area contributed by atoms with Gasteiger partial charge in [0, 0.05) is 39.3 Å². The van der Waals surface area contributed by atoms with Gasteiger partial charge in [-0.2, -0.15) is 0 Å². The third kappa shape index (κ3) is 5.93. The number of benzene rings is 2. The quantitative estimate of drug-likeness (QED) is 0.494. The van der Waals surface area contributed by atoms with Crippen LogP contribution in [-0.4, -0.2) is 61.8 Å². The molecule has 0 atom stereocenters. The topological polar surface area (TPSA) is 54.0 Å². The highest BCUT2D eigenvalue weighted by Crippen LogP contribution is 2.22. The van der Waals surface area contributed by atoms with Crippen LogP contribution >= 0.6 is 0 Å². The lowest BCUT2D eigenvalue weighted by Crippen LogP contribution is -2.46. The van der Waals surface area contributed by atoms with Crippen molar-refractivity contribution < 1.29 is 9.47 Å². The molecule has 1 aliphatic rings. The van der Waals surface area contributed by atoms with Crippen molar-refractivity contribution in [1.29, 1.82) is 0 Å². The molecule has 1 aliphatic heterocycles. The summed E-state index contributed by atoms with van der Waals surface area (Å²) in [6, 6.07) is 16.3. The summed E-state index contributed by atoms with van der Waals surface area (Å²) in [6.45, 7) is 8.91. The predicted octanol–water partition coefficient (Wildman–Crippen LogP) is 3.84. The van der Waals surface area contributed by atoms with E-state index in [1.807, 2.05) is 36.7 Å². The van der Waals surface area contributed by atoms with Crippen LogP contribution in [0.1, 0.15) is 18.1 Å². The maximum absolute atomic E-state index is 5.30. The zero-order chi connectivity index (χ0) is 23.0. The maximum atomic E-state index is 5.30. The molecule has 2 aromatic carbocycles. The van der Waals surface area contributed by atoms with E-state index < -0.39 is 0 Å². The van der Waals surface area contributed by atoms with E-state index in [4.69, 9.17) is 19.4 Å². The van der Waals surface area contributed by atoms with Gasteiger partial charge < -0.3 is 24.2 Å². The number of hydrogen-bond donors (Lipinski definition) is 0. The van der Waals surface area contributed by atoms with Gasteiger partial charge in [-0.05, 0) is 41.9 Å². The fourth-order valence-electron chi connectivity index (χ4n) is 4.06. The van der Waals surface area contributed by atoms with Crippen molar-refractivity contribution in [2.45, 2.75) is 20.0 Å². The standard InChI is InChI=1S/C26H33N5O2/c1-4-29-13-15-30(16-14-29)23-17-27-26(28-18-23)31(19-21-5-9-24(32-2)10-6-21)20-22-7-11-25(33-3)12-8-22/h5-12,17-18H,4,13-16,19-20H2,1-3H3. The van der Waals surface area contributed by atoms with E-state index in [9.17, 15) is 0 Å². The lowest BCUT2D eigenvalue weighted by atomic mass is 10.1. The van der Waals surface area contributed by atoms with E-state index in [0.717, 1.165) is 55.9 Å². The number of hydrogen-bond acceptors (Lipinski definition) is 7. The highest BCUT2D eigenvalue weighted by atomic mass is 16.5. The number of rotatable bonds is 9. The Morgan fingerprint density at radius 3 is 1.67 bits per heavy atom. The van der Waals surface area contributed by atoms with Crippen LogP contribution in [0.2, 0.25) is 0 Å². The minimum Gasteiger partial charge on any atom is -0.497 e. The van der Waals surface area contributed by atoms with Crippen molar-refractivity contribution >= 4 is 11.6 Å². The Hall–Kier alpha value is -3.32. The molecule has 1 aromatic heterocycles. The third-order valence-corrected chi connectivity index (χ3v) is 6.16. The van der Waals surface area contributed by atoms with Crippen LogP contribution in [0, 0.1) is 0 Å². The Balaban J connectivity index is 1.52. The van der Waals surface area contributed by atoms with Crippen molar-refractivity contribution in [1.82, 2.24) is 14.9 Å². The van der Waals surface area contributed by atoms with E-state index >= 15 is 0 Å².